The number of nitrogens with one attached hydrogen (secondary N) is 1. The number of ether oxygens (including phenoxy) is 1. The summed E-state index contributed by atoms with van der Waals surface area (Å²) in [6, 6.07) is 9.51. The molecule has 3 atom stereocenters. The van der Waals surface area contributed by atoms with Crippen LogP contribution >= 0.6 is 0 Å². The summed E-state index contributed by atoms with van der Waals surface area (Å²) in [5.41, 5.74) is 6.09. The second kappa shape index (κ2) is 9.07. The Kier molecular flexibility index (Phi) is 7.29. The van der Waals surface area contributed by atoms with E-state index in [2.05, 4.69) is 33.0 Å². The summed E-state index contributed by atoms with van der Waals surface area (Å²) in [5, 5.41) is 15.0. The number of hydrogen-bond acceptors (Lipinski definition) is 4. The standard InChI is InChI=1S/C22H36N2O3/c1-21(2,3)19(24-22(4)13-9-6-10-14-22)18(25)17(27-20(23)26)15-16-11-7-5-8-12-16/h5,7-8,11-12,17-19,24-25H,6,9-10,13-15H2,1-4H3,(H2,23,26)/t17-,18-,19?/m0/s1. The Labute approximate surface area is 163 Å². The van der Waals surface area contributed by atoms with Crippen LogP contribution in [0.3, 0.4) is 0 Å². The van der Waals surface area contributed by atoms with Gasteiger partial charge in [0, 0.05) is 18.0 Å². The number of nitrogens with two attached hydrogens (primary N) is 1. The van der Waals surface area contributed by atoms with Crippen molar-refractivity contribution in [1.29, 1.82) is 0 Å². The van der Waals surface area contributed by atoms with E-state index in [1.165, 1.54) is 19.3 Å². The Morgan fingerprint density at radius 1 is 1.22 bits per heavy atom. The largest absolute Gasteiger partial charge is 0.443 e. The van der Waals surface area contributed by atoms with Gasteiger partial charge in [0.15, 0.2) is 0 Å². The molecule has 27 heavy (non-hydrogen) atoms. The lowest BCUT2D eigenvalue weighted by molar-refractivity contribution is -0.0446. The Balaban J connectivity index is 2.22. The number of aliphatic hydroxyl groups is 1. The van der Waals surface area contributed by atoms with Crippen LogP contribution in [0.25, 0.3) is 0 Å². The van der Waals surface area contributed by atoms with Crippen LogP contribution in [-0.2, 0) is 11.2 Å². The molecular formula is C22H36N2O3. The highest BCUT2D eigenvalue weighted by Gasteiger charge is 2.41. The summed E-state index contributed by atoms with van der Waals surface area (Å²) in [7, 11) is 0. The zero-order chi connectivity index (χ0) is 20.1. The van der Waals surface area contributed by atoms with Crippen molar-refractivity contribution in [3.8, 4) is 0 Å². The number of hydrogen-bond donors (Lipinski definition) is 3. The number of aliphatic hydroxyl groups excluding tert-OH is 1. The molecule has 0 bridgehead atoms. The average molecular weight is 377 g/mol. The number of primary amides is 1. The van der Waals surface area contributed by atoms with Crippen molar-refractivity contribution in [2.45, 2.75) is 90.0 Å². The first-order valence-corrected chi connectivity index (χ1v) is 10.1. The molecule has 1 aliphatic rings. The fraction of sp³-hybridized carbons (Fsp3) is 0.682. The predicted molar refractivity (Wildman–Crippen MR) is 108 cm³/mol. The molecule has 5 nitrogen and oxygen atoms in total. The molecule has 1 amide bonds. The van der Waals surface area contributed by atoms with Gasteiger partial charge in [0.05, 0.1) is 0 Å². The third-order valence-electron chi connectivity index (χ3n) is 5.66. The van der Waals surface area contributed by atoms with Crippen LogP contribution in [0.2, 0.25) is 0 Å². The van der Waals surface area contributed by atoms with Gasteiger partial charge in [-0.05, 0) is 30.7 Å². The zero-order valence-corrected chi connectivity index (χ0v) is 17.2. The lowest BCUT2D eigenvalue weighted by Gasteiger charge is -2.45. The molecule has 0 saturated heterocycles. The van der Waals surface area contributed by atoms with E-state index < -0.39 is 18.3 Å². The van der Waals surface area contributed by atoms with Crippen LogP contribution in [0.15, 0.2) is 30.3 Å². The lowest BCUT2D eigenvalue weighted by Crippen LogP contribution is -2.61. The van der Waals surface area contributed by atoms with E-state index in [1.807, 2.05) is 30.3 Å². The molecule has 1 saturated carbocycles. The number of carbonyl (C=O) groups excluding carboxylic acids is 1. The van der Waals surface area contributed by atoms with Gasteiger partial charge in [-0.1, -0.05) is 70.4 Å². The maximum absolute atomic E-state index is 11.5. The van der Waals surface area contributed by atoms with E-state index in [0.717, 1.165) is 18.4 Å². The van der Waals surface area contributed by atoms with Crippen LogP contribution in [0.1, 0.15) is 65.4 Å². The highest BCUT2D eigenvalue weighted by molar-refractivity contribution is 5.64. The van der Waals surface area contributed by atoms with E-state index >= 15 is 0 Å². The minimum Gasteiger partial charge on any atom is -0.443 e. The summed E-state index contributed by atoms with van der Waals surface area (Å²) < 4.78 is 5.36. The molecule has 5 heteroatoms. The first-order chi connectivity index (χ1) is 12.6. The smallest absolute Gasteiger partial charge is 0.404 e. The van der Waals surface area contributed by atoms with Gasteiger partial charge in [-0.25, -0.2) is 4.79 Å². The molecule has 1 aromatic carbocycles. The topological polar surface area (TPSA) is 84.6 Å². The van der Waals surface area contributed by atoms with Crippen molar-refractivity contribution in [2.75, 3.05) is 0 Å². The highest BCUT2D eigenvalue weighted by atomic mass is 16.6. The van der Waals surface area contributed by atoms with Crippen LogP contribution in [0.5, 0.6) is 0 Å². The molecule has 0 spiro atoms. The molecule has 0 heterocycles. The van der Waals surface area contributed by atoms with Gasteiger partial charge in [-0.2, -0.15) is 0 Å². The van der Waals surface area contributed by atoms with Crippen molar-refractivity contribution in [3.05, 3.63) is 35.9 Å². The van der Waals surface area contributed by atoms with Crippen molar-refractivity contribution < 1.29 is 14.6 Å². The Bertz CT molecular complexity index is 591. The zero-order valence-electron chi connectivity index (χ0n) is 17.2. The van der Waals surface area contributed by atoms with E-state index in [-0.39, 0.29) is 17.0 Å². The molecule has 0 aliphatic heterocycles. The summed E-state index contributed by atoms with van der Waals surface area (Å²) in [6.45, 7) is 8.54. The normalized spacial score (nSPS) is 20.5. The lowest BCUT2D eigenvalue weighted by atomic mass is 9.76. The second-order valence-corrected chi connectivity index (χ2v) is 9.27. The van der Waals surface area contributed by atoms with E-state index in [4.69, 9.17) is 10.5 Å². The number of benzene rings is 1. The predicted octanol–water partition coefficient (Wildman–Crippen LogP) is 3.78. The van der Waals surface area contributed by atoms with Gasteiger partial charge in [-0.3, -0.25) is 0 Å². The maximum atomic E-state index is 11.5. The number of carbonyl (C=O) groups is 1. The minimum atomic E-state index is -0.864. The molecule has 1 fully saturated rings. The second-order valence-electron chi connectivity index (χ2n) is 9.27. The number of amides is 1. The molecule has 0 aromatic heterocycles. The van der Waals surface area contributed by atoms with Crippen molar-refractivity contribution in [2.24, 2.45) is 11.1 Å². The third kappa shape index (κ3) is 6.51. The summed E-state index contributed by atoms with van der Waals surface area (Å²) >= 11 is 0. The monoisotopic (exact) mass is 376 g/mol. The van der Waals surface area contributed by atoms with Crippen molar-refractivity contribution >= 4 is 6.09 Å². The van der Waals surface area contributed by atoms with Gasteiger partial charge >= 0.3 is 6.09 Å². The minimum absolute atomic E-state index is 0.0127. The average Bonchev–Trinajstić information content (AvgIpc) is 2.59. The summed E-state index contributed by atoms with van der Waals surface area (Å²) in [6.07, 6.45) is 3.84. The highest BCUT2D eigenvalue weighted by Crippen LogP contribution is 2.33. The van der Waals surface area contributed by atoms with Gasteiger partial charge < -0.3 is 20.9 Å². The Morgan fingerprint density at radius 3 is 2.33 bits per heavy atom. The van der Waals surface area contributed by atoms with Gasteiger partial charge in [0.1, 0.15) is 12.2 Å². The SMILES string of the molecule is CC1(NC([C@@H](O)[C@H](Cc2ccccc2)OC(N)=O)C(C)(C)C)CCCCC1. The Morgan fingerprint density at radius 2 is 1.81 bits per heavy atom. The molecule has 1 aliphatic carbocycles. The quantitative estimate of drug-likeness (QED) is 0.676. The van der Waals surface area contributed by atoms with Gasteiger partial charge in [0.25, 0.3) is 0 Å². The molecule has 152 valence electrons. The van der Waals surface area contributed by atoms with Crippen LogP contribution < -0.4 is 11.1 Å². The molecular weight excluding hydrogens is 340 g/mol. The summed E-state index contributed by atoms with van der Waals surface area (Å²) in [5.74, 6) is 0. The van der Waals surface area contributed by atoms with Crippen molar-refractivity contribution in [3.63, 3.8) is 0 Å². The molecule has 1 unspecified atom stereocenters. The fourth-order valence-electron chi connectivity index (χ4n) is 4.11. The molecule has 4 N–H and O–H groups in total. The molecule has 2 rings (SSSR count). The molecule has 1 aromatic rings. The number of rotatable bonds is 7. The van der Waals surface area contributed by atoms with Crippen LogP contribution in [0, 0.1) is 5.41 Å². The van der Waals surface area contributed by atoms with Crippen molar-refractivity contribution in [1.82, 2.24) is 5.32 Å². The van der Waals surface area contributed by atoms with Gasteiger partial charge in [0.2, 0.25) is 0 Å². The van der Waals surface area contributed by atoms with E-state index in [0.29, 0.717) is 6.42 Å². The first kappa shape index (κ1) is 21.7. The third-order valence-corrected chi connectivity index (χ3v) is 5.66. The summed E-state index contributed by atoms with van der Waals surface area (Å²) in [4.78, 5) is 11.5. The van der Waals surface area contributed by atoms with Crippen LogP contribution in [-0.4, -0.2) is 35.0 Å². The van der Waals surface area contributed by atoms with Crippen LogP contribution in [0.4, 0.5) is 4.79 Å². The van der Waals surface area contributed by atoms with Gasteiger partial charge in [-0.15, -0.1) is 0 Å². The fourth-order valence-corrected chi connectivity index (χ4v) is 4.11. The Hall–Kier alpha value is -1.59. The first-order valence-electron chi connectivity index (χ1n) is 10.1. The maximum Gasteiger partial charge on any atom is 0.404 e. The van der Waals surface area contributed by atoms with E-state index in [9.17, 15) is 9.90 Å². The molecule has 0 radical (unpaired) electrons. The van der Waals surface area contributed by atoms with E-state index in [1.54, 1.807) is 0 Å².